The molecule has 0 saturated carbocycles. The summed E-state index contributed by atoms with van der Waals surface area (Å²) >= 11 is 0. The van der Waals surface area contributed by atoms with Crippen molar-refractivity contribution >= 4 is 0 Å². The molecule has 3 rings (SSSR count). The van der Waals surface area contributed by atoms with E-state index in [1.807, 2.05) is 19.9 Å². The number of methoxy groups -OCH3 is 2. The van der Waals surface area contributed by atoms with Crippen molar-refractivity contribution in [3.63, 3.8) is 0 Å². The molecular weight excluding hydrogens is 346 g/mol. The zero-order chi connectivity index (χ0) is 19.2. The van der Waals surface area contributed by atoms with E-state index < -0.39 is 0 Å². The van der Waals surface area contributed by atoms with Crippen LogP contribution in [0.1, 0.15) is 28.6 Å². The van der Waals surface area contributed by atoms with Gasteiger partial charge in [-0.25, -0.2) is 0 Å². The predicted octanol–water partition coefficient (Wildman–Crippen LogP) is 2.47. The Morgan fingerprint density at radius 2 is 1.89 bits per heavy atom. The second-order valence-corrected chi connectivity index (χ2v) is 6.71. The minimum Gasteiger partial charge on any atom is -0.493 e. The van der Waals surface area contributed by atoms with Crippen LogP contribution in [0.15, 0.2) is 22.7 Å². The summed E-state index contributed by atoms with van der Waals surface area (Å²) in [4.78, 5) is 2.45. The van der Waals surface area contributed by atoms with Crippen LogP contribution >= 0.6 is 0 Å². The van der Waals surface area contributed by atoms with Gasteiger partial charge in [-0.05, 0) is 31.5 Å². The lowest BCUT2D eigenvalue weighted by Crippen LogP contribution is -2.42. The van der Waals surface area contributed by atoms with Crippen molar-refractivity contribution in [3.05, 3.63) is 40.8 Å². The normalized spacial score (nSPS) is 16.3. The van der Waals surface area contributed by atoms with Gasteiger partial charge in [0.05, 0.1) is 33.1 Å². The van der Waals surface area contributed by atoms with E-state index in [-0.39, 0.29) is 6.04 Å². The van der Waals surface area contributed by atoms with Gasteiger partial charge >= 0.3 is 0 Å². The third-order valence-corrected chi connectivity index (χ3v) is 5.10. The van der Waals surface area contributed by atoms with Crippen LogP contribution in [0.2, 0.25) is 0 Å². The number of hydrogen-bond donors (Lipinski definition) is 1. The van der Waals surface area contributed by atoms with Gasteiger partial charge in [0.1, 0.15) is 5.76 Å². The Hall–Kier alpha value is -2.09. The van der Waals surface area contributed by atoms with Crippen molar-refractivity contribution in [1.82, 2.24) is 15.4 Å². The molecule has 0 bridgehead atoms. The Labute approximate surface area is 160 Å². The van der Waals surface area contributed by atoms with E-state index in [2.05, 4.69) is 27.5 Å². The monoisotopic (exact) mass is 375 g/mol. The second kappa shape index (κ2) is 9.21. The number of hydrogen-bond acceptors (Lipinski definition) is 7. The van der Waals surface area contributed by atoms with Gasteiger partial charge in [0, 0.05) is 37.8 Å². The highest BCUT2D eigenvalue weighted by atomic mass is 16.5. The van der Waals surface area contributed by atoms with Gasteiger partial charge in [-0.3, -0.25) is 4.90 Å². The van der Waals surface area contributed by atoms with Crippen LogP contribution in [-0.2, 0) is 11.3 Å². The third-order valence-electron chi connectivity index (χ3n) is 5.10. The lowest BCUT2D eigenvalue weighted by Gasteiger charge is -2.35. The molecule has 1 aromatic carbocycles. The molecule has 0 aliphatic carbocycles. The first-order valence-corrected chi connectivity index (χ1v) is 9.30. The summed E-state index contributed by atoms with van der Waals surface area (Å²) in [6.07, 6.45) is 0. The Morgan fingerprint density at radius 3 is 2.52 bits per heavy atom. The fourth-order valence-electron chi connectivity index (χ4n) is 3.50. The van der Waals surface area contributed by atoms with Gasteiger partial charge in [-0.15, -0.1) is 0 Å². The fraction of sp³-hybridized carbons (Fsp3) is 0.550. The number of ether oxygens (including phenoxy) is 3. The summed E-state index contributed by atoms with van der Waals surface area (Å²) in [5, 5.41) is 7.61. The van der Waals surface area contributed by atoms with Crippen LogP contribution in [0.5, 0.6) is 11.5 Å². The van der Waals surface area contributed by atoms with E-state index in [0.29, 0.717) is 0 Å². The third kappa shape index (κ3) is 4.61. The summed E-state index contributed by atoms with van der Waals surface area (Å²) < 4.78 is 21.7. The molecule has 1 aliphatic heterocycles. The van der Waals surface area contributed by atoms with Crippen LogP contribution in [-0.4, -0.2) is 57.1 Å². The Kier molecular flexibility index (Phi) is 6.71. The summed E-state index contributed by atoms with van der Waals surface area (Å²) in [6, 6.07) is 6.36. The number of morpholine rings is 1. The second-order valence-electron chi connectivity index (χ2n) is 6.71. The number of rotatable bonds is 8. The van der Waals surface area contributed by atoms with E-state index in [9.17, 15) is 0 Å². The van der Waals surface area contributed by atoms with E-state index in [1.165, 1.54) is 5.56 Å². The maximum Gasteiger partial charge on any atom is 0.161 e. The highest BCUT2D eigenvalue weighted by Gasteiger charge is 2.24. The van der Waals surface area contributed by atoms with Gasteiger partial charge in [-0.2, -0.15) is 0 Å². The quantitative estimate of drug-likeness (QED) is 0.760. The van der Waals surface area contributed by atoms with Gasteiger partial charge in [0.15, 0.2) is 11.5 Å². The molecule has 7 heteroatoms. The summed E-state index contributed by atoms with van der Waals surface area (Å²) in [7, 11) is 3.32. The van der Waals surface area contributed by atoms with Crippen molar-refractivity contribution in [2.24, 2.45) is 0 Å². The molecule has 0 amide bonds. The molecule has 2 heterocycles. The lowest BCUT2D eigenvalue weighted by molar-refractivity contribution is 0.0160. The standard InChI is InChI=1S/C20H29N3O4/c1-14-17(15(2)27-22-14)12-21-13-18(23-7-9-26-10-8-23)16-5-6-19(24-3)20(11-16)25-4/h5-6,11,18,21H,7-10,12-13H2,1-4H3. The molecule has 7 nitrogen and oxygen atoms in total. The van der Waals surface area contributed by atoms with Crippen molar-refractivity contribution < 1.29 is 18.7 Å². The van der Waals surface area contributed by atoms with Crippen LogP contribution in [0.25, 0.3) is 0 Å². The smallest absolute Gasteiger partial charge is 0.161 e. The molecule has 1 aliphatic rings. The molecule has 27 heavy (non-hydrogen) atoms. The summed E-state index contributed by atoms with van der Waals surface area (Å²) in [5.74, 6) is 2.36. The average Bonchev–Trinajstić information content (AvgIpc) is 3.03. The highest BCUT2D eigenvalue weighted by molar-refractivity contribution is 5.44. The molecule has 1 aromatic heterocycles. The average molecular weight is 375 g/mol. The number of aryl methyl sites for hydroxylation is 2. The van der Waals surface area contributed by atoms with Gasteiger partial charge in [-0.1, -0.05) is 11.2 Å². The molecule has 1 unspecified atom stereocenters. The predicted molar refractivity (Wildman–Crippen MR) is 102 cm³/mol. The topological polar surface area (TPSA) is 69.0 Å². The summed E-state index contributed by atoms with van der Waals surface area (Å²) in [6.45, 7) is 8.79. The van der Waals surface area contributed by atoms with Crippen molar-refractivity contribution in [1.29, 1.82) is 0 Å². The summed E-state index contributed by atoms with van der Waals surface area (Å²) in [5.41, 5.74) is 3.26. The van der Waals surface area contributed by atoms with Crippen molar-refractivity contribution in [2.75, 3.05) is 47.1 Å². The minimum absolute atomic E-state index is 0.217. The largest absolute Gasteiger partial charge is 0.493 e. The first kappa shape index (κ1) is 19.7. The molecule has 0 radical (unpaired) electrons. The maximum absolute atomic E-state index is 5.53. The van der Waals surface area contributed by atoms with Gasteiger partial charge in [0.25, 0.3) is 0 Å². The molecule has 1 N–H and O–H groups in total. The first-order chi connectivity index (χ1) is 13.1. The van der Waals surface area contributed by atoms with Crippen LogP contribution < -0.4 is 14.8 Å². The molecule has 2 aromatic rings. The Morgan fingerprint density at radius 1 is 1.15 bits per heavy atom. The molecule has 1 saturated heterocycles. The van der Waals surface area contributed by atoms with Gasteiger partial charge < -0.3 is 24.1 Å². The van der Waals surface area contributed by atoms with Crippen molar-refractivity contribution in [3.8, 4) is 11.5 Å². The SMILES string of the molecule is COc1ccc(C(CNCc2c(C)noc2C)N2CCOCC2)cc1OC. The van der Waals surface area contributed by atoms with Crippen LogP contribution in [0, 0.1) is 13.8 Å². The zero-order valence-electron chi connectivity index (χ0n) is 16.6. The lowest BCUT2D eigenvalue weighted by atomic mass is 10.0. The molecule has 1 fully saturated rings. The van der Waals surface area contributed by atoms with Crippen molar-refractivity contribution in [2.45, 2.75) is 26.4 Å². The van der Waals surface area contributed by atoms with Gasteiger partial charge in [0.2, 0.25) is 0 Å². The fourth-order valence-corrected chi connectivity index (χ4v) is 3.50. The zero-order valence-corrected chi connectivity index (χ0v) is 16.6. The minimum atomic E-state index is 0.217. The van der Waals surface area contributed by atoms with Crippen LogP contribution in [0.4, 0.5) is 0 Å². The number of nitrogens with one attached hydrogen (secondary N) is 1. The Bertz CT molecular complexity index is 721. The molecule has 1 atom stereocenters. The molecule has 148 valence electrons. The van der Waals surface area contributed by atoms with E-state index in [0.717, 1.165) is 67.9 Å². The molecular formula is C20H29N3O4. The molecule has 0 spiro atoms. The first-order valence-electron chi connectivity index (χ1n) is 9.30. The number of aromatic nitrogens is 1. The number of benzene rings is 1. The van der Waals surface area contributed by atoms with Crippen LogP contribution in [0.3, 0.4) is 0 Å². The maximum atomic E-state index is 5.53. The number of nitrogens with zero attached hydrogens (tertiary/aromatic N) is 2. The highest BCUT2D eigenvalue weighted by Crippen LogP contribution is 2.32. The Balaban J connectivity index is 1.76. The van der Waals surface area contributed by atoms with E-state index in [4.69, 9.17) is 18.7 Å². The van der Waals surface area contributed by atoms with E-state index in [1.54, 1.807) is 14.2 Å². The van der Waals surface area contributed by atoms with E-state index >= 15 is 0 Å².